The van der Waals surface area contributed by atoms with E-state index in [2.05, 4.69) is 49.4 Å². The minimum Gasteiger partial charge on any atom is -0.357 e. The maximum absolute atomic E-state index is 4.64. The van der Waals surface area contributed by atoms with Crippen LogP contribution in [0.15, 0.2) is 61.3 Å². The highest BCUT2D eigenvalue weighted by molar-refractivity contribution is 5.76. The zero-order valence-corrected chi connectivity index (χ0v) is 15.4. The Morgan fingerprint density at radius 3 is 2.37 bits per heavy atom. The molecule has 0 unspecified atom stereocenters. The Hall–Kier alpha value is -3.32. The van der Waals surface area contributed by atoms with Crippen molar-refractivity contribution in [1.82, 2.24) is 29.5 Å². The van der Waals surface area contributed by atoms with Crippen LogP contribution in [0.5, 0.6) is 0 Å². The number of hydrogen-bond donors (Lipinski definition) is 1. The molecule has 27 heavy (non-hydrogen) atoms. The molecule has 0 aliphatic carbocycles. The fourth-order valence-electron chi connectivity index (χ4n) is 3.06. The smallest absolute Gasteiger partial charge is 0.222 e. The minimum atomic E-state index is 0.629. The predicted octanol–water partition coefficient (Wildman–Crippen LogP) is 2.86. The van der Waals surface area contributed by atoms with Crippen molar-refractivity contribution < 1.29 is 0 Å². The molecule has 4 rings (SSSR count). The monoisotopic (exact) mass is 359 g/mol. The van der Waals surface area contributed by atoms with Gasteiger partial charge in [-0.3, -0.25) is 4.90 Å². The van der Waals surface area contributed by atoms with Gasteiger partial charge in [0, 0.05) is 61.6 Å². The van der Waals surface area contributed by atoms with Gasteiger partial charge in [0.2, 0.25) is 5.95 Å². The van der Waals surface area contributed by atoms with Crippen LogP contribution in [0.25, 0.3) is 16.8 Å². The molecule has 0 saturated heterocycles. The quantitative estimate of drug-likeness (QED) is 0.571. The van der Waals surface area contributed by atoms with E-state index in [-0.39, 0.29) is 0 Å². The summed E-state index contributed by atoms with van der Waals surface area (Å²) >= 11 is 0. The van der Waals surface area contributed by atoms with Gasteiger partial charge in [0.25, 0.3) is 0 Å². The first-order chi connectivity index (χ1) is 13.2. The Morgan fingerprint density at radius 1 is 0.926 bits per heavy atom. The number of rotatable bonds is 6. The van der Waals surface area contributed by atoms with Gasteiger partial charge >= 0.3 is 0 Å². The molecule has 0 fully saturated rings. The van der Waals surface area contributed by atoms with Crippen molar-refractivity contribution in [3.05, 3.63) is 72.4 Å². The molecule has 0 spiro atoms. The lowest BCUT2D eigenvalue weighted by Crippen LogP contribution is -2.18. The van der Waals surface area contributed by atoms with Crippen LogP contribution in [0.4, 0.5) is 5.95 Å². The zero-order chi connectivity index (χ0) is 18.6. The highest BCUT2D eigenvalue weighted by Gasteiger charge is 2.09. The first kappa shape index (κ1) is 17.1. The maximum atomic E-state index is 4.64. The average Bonchev–Trinajstić information content (AvgIpc) is 3.12. The van der Waals surface area contributed by atoms with Crippen molar-refractivity contribution in [3.8, 4) is 11.1 Å². The summed E-state index contributed by atoms with van der Waals surface area (Å²) in [5.74, 6) is 0.629. The summed E-state index contributed by atoms with van der Waals surface area (Å²) in [6.07, 6.45) is 9.51. The van der Waals surface area contributed by atoms with Crippen LogP contribution in [0.1, 0.15) is 11.1 Å². The summed E-state index contributed by atoms with van der Waals surface area (Å²) in [5, 5.41) is 7.40. The van der Waals surface area contributed by atoms with Gasteiger partial charge in [0.05, 0.1) is 6.20 Å². The van der Waals surface area contributed by atoms with Gasteiger partial charge in [0.15, 0.2) is 5.65 Å². The second-order valence-corrected chi connectivity index (χ2v) is 6.49. The summed E-state index contributed by atoms with van der Waals surface area (Å²) in [7, 11) is 3.87. The molecule has 0 aliphatic rings. The molecule has 0 saturated carbocycles. The number of benzene rings is 1. The number of aromatic nitrogens is 5. The van der Waals surface area contributed by atoms with E-state index >= 15 is 0 Å². The number of hydrogen-bond acceptors (Lipinski definition) is 6. The Labute approximate surface area is 157 Å². The van der Waals surface area contributed by atoms with E-state index in [9.17, 15) is 0 Å². The molecule has 0 amide bonds. The fourth-order valence-corrected chi connectivity index (χ4v) is 3.06. The number of nitrogens with one attached hydrogen (secondary N) is 1. The van der Waals surface area contributed by atoms with Crippen LogP contribution in [-0.2, 0) is 13.1 Å². The second kappa shape index (κ2) is 7.51. The van der Waals surface area contributed by atoms with E-state index in [0.717, 1.165) is 41.0 Å². The lowest BCUT2D eigenvalue weighted by atomic mass is 10.1. The largest absolute Gasteiger partial charge is 0.357 e. The summed E-state index contributed by atoms with van der Waals surface area (Å²) in [6.45, 7) is 1.52. The third-order valence-corrected chi connectivity index (χ3v) is 4.33. The second-order valence-electron chi connectivity index (χ2n) is 6.49. The van der Waals surface area contributed by atoms with Gasteiger partial charge in [-0.05, 0) is 12.6 Å². The normalized spacial score (nSPS) is 11.2. The van der Waals surface area contributed by atoms with Gasteiger partial charge in [0.1, 0.15) is 0 Å². The van der Waals surface area contributed by atoms with Crippen molar-refractivity contribution in [2.24, 2.45) is 0 Å². The van der Waals surface area contributed by atoms with Crippen LogP contribution >= 0.6 is 0 Å². The molecule has 3 aromatic heterocycles. The highest BCUT2D eigenvalue weighted by Crippen LogP contribution is 2.23. The van der Waals surface area contributed by atoms with Crippen molar-refractivity contribution in [3.63, 3.8) is 0 Å². The Bertz CT molecular complexity index is 1030. The summed E-state index contributed by atoms with van der Waals surface area (Å²) in [5.41, 5.74) is 5.19. The van der Waals surface area contributed by atoms with Gasteiger partial charge in [-0.1, -0.05) is 30.3 Å². The van der Waals surface area contributed by atoms with E-state index in [0.29, 0.717) is 5.95 Å². The molecular weight excluding hydrogens is 338 g/mol. The summed E-state index contributed by atoms with van der Waals surface area (Å²) in [4.78, 5) is 15.3. The van der Waals surface area contributed by atoms with E-state index in [4.69, 9.17) is 0 Å². The Balaban J connectivity index is 1.49. The van der Waals surface area contributed by atoms with Crippen LogP contribution in [-0.4, -0.2) is 43.6 Å². The zero-order valence-electron chi connectivity index (χ0n) is 15.4. The number of nitrogens with zero attached hydrogens (tertiary/aromatic N) is 6. The molecule has 7 nitrogen and oxygen atoms in total. The molecule has 0 atom stereocenters. The lowest BCUT2D eigenvalue weighted by Gasteiger charge is -2.16. The van der Waals surface area contributed by atoms with Gasteiger partial charge in [-0.25, -0.2) is 19.5 Å². The third kappa shape index (κ3) is 3.78. The maximum Gasteiger partial charge on any atom is 0.222 e. The van der Waals surface area contributed by atoms with Gasteiger partial charge < -0.3 is 5.32 Å². The fraction of sp³-hybridized carbons (Fsp3) is 0.200. The first-order valence-electron chi connectivity index (χ1n) is 8.78. The number of anilines is 1. The molecule has 136 valence electrons. The Kier molecular flexibility index (Phi) is 4.76. The molecule has 0 aliphatic heterocycles. The standard InChI is InChI=1S/C20H21N7/c1-21-20-23-8-15(9-24-20)12-26(2)13-16-10-22-19-18(11-25-27(19)14-16)17-6-4-3-5-7-17/h3-11,14H,12-13H2,1-2H3,(H,21,23,24). The van der Waals surface area contributed by atoms with Gasteiger partial charge in [-0.15, -0.1) is 0 Å². The lowest BCUT2D eigenvalue weighted by molar-refractivity contribution is 0.317. The van der Waals surface area contributed by atoms with Crippen molar-refractivity contribution in [1.29, 1.82) is 0 Å². The summed E-state index contributed by atoms with van der Waals surface area (Å²) in [6, 6.07) is 10.2. The van der Waals surface area contributed by atoms with E-state index in [1.807, 2.05) is 60.7 Å². The molecule has 0 bridgehead atoms. The van der Waals surface area contributed by atoms with Crippen LogP contribution in [0, 0.1) is 0 Å². The van der Waals surface area contributed by atoms with Crippen LogP contribution < -0.4 is 5.32 Å². The molecule has 1 N–H and O–H groups in total. The van der Waals surface area contributed by atoms with Crippen molar-refractivity contribution >= 4 is 11.6 Å². The SMILES string of the molecule is CNc1ncc(CN(C)Cc2cnc3c(-c4ccccc4)cnn3c2)cn1. The van der Waals surface area contributed by atoms with Crippen LogP contribution in [0.3, 0.4) is 0 Å². The summed E-state index contributed by atoms with van der Waals surface area (Å²) < 4.78 is 1.84. The molecule has 3 heterocycles. The van der Waals surface area contributed by atoms with Crippen LogP contribution in [0.2, 0.25) is 0 Å². The first-order valence-corrected chi connectivity index (χ1v) is 8.78. The number of fused-ring (bicyclic) bond motifs is 1. The molecule has 1 aromatic carbocycles. The van der Waals surface area contributed by atoms with E-state index in [1.165, 1.54) is 0 Å². The van der Waals surface area contributed by atoms with E-state index in [1.54, 1.807) is 0 Å². The predicted molar refractivity (Wildman–Crippen MR) is 105 cm³/mol. The third-order valence-electron chi connectivity index (χ3n) is 4.33. The average molecular weight is 359 g/mol. The molecule has 7 heteroatoms. The van der Waals surface area contributed by atoms with Crippen molar-refractivity contribution in [2.75, 3.05) is 19.4 Å². The topological polar surface area (TPSA) is 71.2 Å². The molecule has 4 aromatic rings. The highest BCUT2D eigenvalue weighted by atomic mass is 15.2. The van der Waals surface area contributed by atoms with E-state index < -0.39 is 0 Å². The van der Waals surface area contributed by atoms with Crippen molar-refractivity contribution in [2.45, 2.75) is 13.1 Å². The molecular formula is C20H21N7. The Morgan fingerprint density at radius 2 is 1.63 bits per heavy atom. The van der Waals surface area contributed by atoms with Gasteiger partial charge in [-0.2, -0.15) is 5.10 Å². The minimum absolute atomic E-state index is 0.629. The molecule has 0 radical (unpaired) electrons.